The Morgan fingerprint density at radius 1 is 1.39 bits per heavy atom. The molecule has 1 heterocycles. The van der Waals surface area contributed by atoms with E-state index in [0.717, 1.165) is 31.8 Å². The van der Waals surface area contributed by atoms with E-state index in [2.05, 4.69) is 42.7 Å². The van der Waals surface area contributed by atoms with Crippen molar-refractivity contribution < 1.29 is 4.74 Å². The molecule has 0 radical (unpaired) electrons. The van der Waals surface area contributed by atoms with Crippen molar-refractivity contribution in [1.29, 1.82) is 0 Å². The zero-order valence-electron chi connectivity index (χ0n) is 11.4. The Bertz CT molecular complexity index is 342. The highest BCUT2D eigenvalue weighted by atomic mass is 16.5. The second-order valence-electron chi connectivity index (χ2n) is 5.07. The lowest BCUT2D eigenvalue weighted by atomic mass is 10.1. The predicted molar refractivity (Wildman–Crippen MR) is 75.2 cm³/mol. The van der Waals surface area contributed by atoms with Gasteiger partial charge in [-0.15, -0.1) is 0 Å². The number of ether oxygens (including phenoxy) is 1. The fraction of sp³-hybridized carbons (Fsp3) is 0.600. The maximum Gasteiger partial charge on any atom is 0.123 e. The molecule has 1 aromatic rings. The lowest BCUT2D eigenvalue weighted by molar-refractivity contribution is 0.222. The molecule has 0 aliphatic carbocycles. The van der Waals surface area contributed by atoms with Gasteiger partial charge in [0.25, 0.3) is 0 Å². The van der Waals surface area contributed by atoms with Crippen molar-refractivity contribution in [2.24, 2.45) is 0 Å². The van der Waals surface area contributed by atoms with Crippen LogP contribution in [0, 0.1) is 0 Å². The maximum absolute atomic E-state index is 5.90. The van der Waals surface area contributed by atoms with Gasteiger partial charge >= 0.3 is 0 Å². The highest BCUT2D eigenvalue weighted by molar-refractivity contribution is 5.37. The molecule has 0 fully saturated rings. The molecule has 0 spiro atoms. The lowest BCUT2D eigenvalue weighted by Gasteiger charge is -2.17. The minimum Gasteiger partial charge on any atom is -0.488 e. The number of rotatable bonds is 7. The van der Waals surface area contributed by atoms with Crippen LogP contribution in [0.25, 0.3) is 0 Å². The minimum atomic E-state index is 0.288. The molecule has 3 heteroatoms. The fourth-order valence-electron chi connectivity index (χ4n) is 2.27. The Balaban J connectivity index is 1.67. The molecule has 0 bridgehead atoms. The van der Waals surface area contributed by atoms with E-state index in [-0.39, 0.29) is 6.10 Å². The van der Waals surface area contributed by atoms with E-state index in [4.69, 9.17) is 4.74 Å². The summed E-state index contributed by atoms with van der Waals surface area (Å²) in [6, 6.07) is 8.81. The van der Waals surface area contributed by atoms with Gasteiger partial charge in [-0.2, -0.15) is 0 Å². The molecular formula is C15H24N2O. The van der Waals surface area contributed by atoms with E-state index in [1.54, 1.807) is 0 Å². The largest absolute Gasteiger partial charge is 0.488 e. The smallest absolute Gasteiger partial charge is 0.123 e. The van der Waals surface area contributed by atoms with Gasteiger partial charge in [0.15, 0.2) is 0 Å². The number of para-hydroxylation sites is 1. The molecule has 2 atom stereocenters. The highest BCUT2D eigenvalue weighted by Crippen LogP contribution is 2.27. The number of hydrogen-bond donors (Lipinski definition) is 2. The van der Waals surface area contributed by atoms with Crippen molar-refractivity contribution in [2.45, 2.75) is 38.8 Å². The van der Waals surface area contributed by atoms with Crippen LogP contribution in [0.15, 0.2) is 24.3 Å². The summed E-state index contributed by atoms with van der Waals surface area (Å²) in [5.41, 5.74) is 1.33. The van der Waals surface area contributed by atoms with Crippen molar-refractivity contribution in [3.63, 3.8) is 0 Å². The fourth-order valence-corrected chi connectivity index (χ4v) is 2.27. The first-order valence-corrected chi connectivity index (χ1v) is 6.98. The topological polar surface area (TPSA) is 33.3 Å². The summed E-state index contributed by atoms with van der Waals surface area (Å²) < 4.78 is 5.90. The third kappa shape index (κ3) is 3.72. The number of hydrogen-bond acceptors (Lipinski definition) is 3. The Kier molecular flexibility index (Phi) is 5.02. The van der Waals surface area contributed by atoms with Gasteiger partial charge in [-0.3, -0.25) is 0 Å². The van der Waals surface area contributed by atoms with Crippen molar-refractivity contribution in [1.82, 2.24) is 10.6 Å². The summed E-state index contributed by atoms with van der Waals surface area (Å²) in [5.74, 6) is 1.06. The molecule has 2 unspecified atom stereocenters. The van der Waals surface area contributed by atoms with Crippen molar-refractivity contribution in [3.05, 3.63) is 29.8 Å². The average Bonchev–Trinajstić information content (AvgIpc) is 2.79. The summed E-state index contributed by atoms with van der Waals surface area (Å²) in [5, 5.41) is 6.95. The summed E-state index contributed by atoms with van der Waals surface area (Å²) in [6.07, 6.45) is 2.50. The molecule has 1 aliphatic rings. The monoisotopic (exact) mass is 248 g/mol. The molecule has 2 N–H and O–H groups in total. The number of benzene rings is 1. The maximum atomic E-state index is 5.90. The van der Waals surface area contributed by atoms with Crippen LogP contribution in [0.5, 0.6) is 5.75 Å². The van der Waals surface area contributed by atoms with Crippen molar-refractivity contribution in [3.8, 4) is 5.75 Å². The van der Waals surface area contributed by atoms with Crippen LogP contribution in [-0.4, -0.2) is 31.8 Å². The SMILES string of the molecule is CCCNCC(C)NCC1Cc2ccccc2O1. The van der Waals surface area contributed by atoms with Gasteiger partial charge in [-0.25, -0.2) is 0 Å². The lowest BCUT2D eigenvalue weighted by Crippen LogP contribution is -2.41. The van der Waals surface area contributed by atoms with E-state index >= 15 is 0 Å². The van der Waals surface area contributed by atoms with Crippen molar-refractivity contribution >= 4 is 0 Å². The molecule has 2 rings (SSSR count). The molecule has 3 nitrogen and oxygen atoms in total. The molecule has 0 amide bonds. The third-order valence-electron chi connectivity index (χ3n) is 3.29. The van der Waals surface area contributed by atoms with Crippen LogP contribution in [0.2, 0.25) is 0 Å². The van der Waals surface area contributed by atoms with Crippen LogP contribution in [0.4, 0.5) is 0 Å². The first-order valence-electron chi connectivity index (χ1n) is 6.98. The summed E-state index contributed by atoms with van der Waals surface area (Å²) in [7, 11) is 0. The van der Waals surface area contributed by atoms with Crippen LogP contribution in [0.3, 0.4) is 0 Å². The first-order chi connectivity index (χ1) is 8.79. The van der Waals surface area contributed by atoms with Gasteiger partial charge in [0, 0.05) is 25.6 Å². The van der Waals surface area contributed by atoms with E-state index in [1.165, 1.54) is 12.0 Å². The minimum absolute atomic E-state index is 0.288. The van der Waals surface area contributed by atoms with Crippen LogP contribution in [-0.2, 0) is 6.42 Å². The van der Waals surface area contributed by atoms with Gasteiger partial charge in [0.05, 0.1) is 0 Å². The quantitative estimate of drug-likeness (QED) is 0.724. The highest BCUT2D eigenvalue weighted by Gasteiger charge is 2.22. The summed E-state index contributed by atoms with van der Waals surface area (Å²) in [6.45, 7) is 7.44. The van der Waals surface area contributed by atoms with Gasteiger partial charge in [-0.05, 0) is 31.5 Å². The molecule has 1 aromatic carbocycles. The van der Waals surface area contributed by atoms with Crippen molar-refractivity contribution in [2.75, 3.05) is 19.6 Å². The van der Waals surface area contributed by atoms with E-state index in [0.29, 0.717) is 6.04 Å². The molecule has 18 heavy (non-hydrogen) atoms. The Labute approximate surface area is 110 Å². The second-order valence-corrected chi connectivity index (χ2v) is 5.07. The van der Waals surface area contributed by atoms with E-state index in [1.807, 2.05) is 6.07 Å². The zero-order chi connectivity index (χ0) is 12.8. The number of nitrogens with one attached hydrogen (secondary N) is 2. The second kappa shape index (κ2) is 6.76. The first kappa shape index (κ1) is 13.4. The normalized spacial score (nSPS) is 19.3. The Morgan fingerprint density at radius 2 is 2.22 bits per heavy atom. The molecule has 0 saturated carbocycles. The molecule has 0 aromatic heterocycles. The third-order valence-corrected chi connectivity index (χ3v) is 3.29. The molecular weight excluding hydrogens is 224 g/mol. The Morgan fingerprint density at radius 3 is 3.00 bits per heavy atom. The predicted octanol–water partition coefficient (Wildman–Crippen LogP) is 1.97. The van der Waals surface area contributed by atoms with Crippen LogP contribution >= 0.6 is 0 Å². The number of fused-ring (bicyclic) bond motifs is 1. The average molecular weight is 248 g/mol. The van der Waals surface area contributed by atoms with E-state index < -0.39 is 0 Å². The molecule has 100 valence electrons. The van der Waals surface area contributed by atoms with Crippen LogP contribution < -0.4 is 15.4 Å². The van der Waals surface area contributed by atoms with Gasteiger partial charge < -0.3 is 15.4 Å². The zero-order valence-corrected chi connectivity index (χ0v) is 11.4. The van der Waals surface area contributed by atoms with Gasteiger partial charge in [-0.1, -0.05) is 25.1 Å². The molecule has 1 aliphatic heterocycles. The summed E-state index contributed by atoms with van der Waals surface area (Å²) in [4.78, 5) is 0. The molecule has 0 saturated heterocycles. The van der Waals surface area contributed by atoms with Crippen LogP contribution in [0.1, 0.15) is 25.8 Å². The standard InChI is InChI=1S/C15H24N2O/c1-3-8-16-10-12(2)17-11-14-9-13-6-4-5-7-15(13)18-14/h4-7,12,14,16-17H,3,8-11H2,1-2H3. The van der Waals surface area contributed by atoms with Gasteiger partial charge in [0.1, 0.15) is 11.9 Å². The van der Waals surface area contributed by atoms with Gasteiger partial charge in [0.2, 0.25) is 0 Å². The Hall–Kier alpha value is -1.06. The van der Waals surface area contributed by atoms with E-state index in [9.17, 15) is 0 Å². The summed E-state index contributed by atoms with van der Waals surface area (Å²) >= 11 is 0.